The molecule has 94 valence electrons. The van der Waals surface area contributed by atoms with Gasteiger partial charge in [0.25, 0.3) is 0 Å². The standard InChI is InChI=1S/C15H18N2S/c1-2-4-13(5-3-1)17-14-8-6-12(7-9-14)15-16-10-11-18-15/h6-11,13,17H,1-5H2. The third-order valence-corrected chi connectivity index (χ3v) is 4.36. The molecule has 1 aromatic carbocycles. The van der Waals surface area contributed by atoms with Crippen LogP contribution < -0.4 is 5.32 Å². The second-order valence-corrected chi connectivity index (χ2v) is 5.79. The number of hydrogen-bond acceptors (Lipinski definition) is 3. The van der Waals surface area contributed by atoms with Crippen LogP contribution in [-0.2, 0) is 0 Å². The predicted octanol–water partition coefficient (Wildman–Crippen LogP) is 4.55. The van der Waals surface area contributed by atoms with Crippen molar-refractivity contribution >= 4 is 17.0 Å². The Bertz CT molecular complexity index is 470. The zero-order chi connectivity index (χ0) is 12.2. The molecule has 0 atom stereocenters. The molecule has 1 heterocycles. The summed E-state index contributed by atoms with van der Waals surface area (Å²) in [6.45, 7) is 0. The molecule has 0 saturated heterocycles. The van der Waals surface area contributed by atoms with Crippen molar-refractivity contribution in [1.29, 1.82) is 0 Å². The van der Waals surface area contributed by atoms with E-state index in [-0.39, 0.29) is 0 Å². The van der Waals surface area contributed by atoms with Crippen molar-refractivity contribution in [2.24, 2.45) is 0 Å². The normalized spacial score (nSPS) is 16.7. The van der Waals surface area contributed by atoms with Gasteiger partial charge in [-0.1, -0.05) is 19.3 Å². The summed E-state index contributed by atoms with van der Waals surface area (Å²) in [5.41, 5.74) is 2.45. The van der Waals surface area contributed by atoms with Crippen LogP contribution in [0, 0.1) is 0 Å². The topological polar surface area (TPSA) is 24.9 Å². The molecule has 0 unspecified atom stereocenters. The molecule has 0 spiro atoms. The zero-order valence-electron chi connectivity index (χ0n) is 10.4. The minimum absolute atomic E-state index is 0.671. The van der Waals surface area contributed by atoms with Gasteiger partial charge in [-0.15, -0.1) is 11.3 Å². The zero-order valence-corrected chi connectivity index (χ0v) is 11.2. The first-order chi connectivity index (χ1) is 8.92. The molecule has 0 radical (unpaired) electrons. The van der Waals surface area contributed by atoms with Crippen molar-refractivity contribution in [3.8, 4) is 10.6 Å². The SMILES string of the molecule is c1csc(-c2ccc(NC3CCCCC3)cc2)n1. The van der Waals surface area contributed by atoms with Gasteiger partial charge >= 0.3 is 0 Å². The average molecular weight is 258 g/mol. The maximum Gasteiger partial charge on any atom is 0.123 e. The summed E-state index contributed by atoms with van der Waals surface area (Å²) in [5.74, 6) is 0. The molecule has 0 aliphatic heterocycles. The summed E-state index contributed by atoms with van der Waals surface area (Å²) in [6.07, 6.45) is 8.63. The van der Waals surface area contributed by atoms with Gasteiger partial charge in [-0.05, 0) is 37.1 Å². The summed E-state index contributed by atoms with van der Waals surface area (Å²) in [6, 6.07) is 9.33. The maximum atomic E-state index is 4.33. The highest BCUT2D eigenvalue weighted by atomic mass is 32.1. The predicted molar refractivity (Wildman–Crippen MR) is 78.0 cm³/mol. The second kappa shape index (κ2) is 5.53. The van der Waals surface area contributed by atoms with Crippen molar-refractivity contribution in [3.63, 3.8) is 0 Å². The molecule has 1 aliphatic rings. The van der Waals surface area contributed by atoms with Crippen molar-refractivity contribution < 1.29 is 0 Å². The minimum Gasteiger partial charge on any atom is -0.382 e. The highest BCUT2D eigenvalue weighted by Gasteiger charge is 2.12. The van der Waals surface area contributed by atoms with E-state index in [1.807, 2.05) is 11.6 Å². The first-order valence-electron chi connectivity index (χ1n) is 6.68. The molecule has 3 heteroatoms. The molecular weight excluding hydrogens is 240 g/mol. The van der Waals surface area contributed by atoms with E-state index in [2.05, 4.69) is 34.6 Å². The van der Waals surface area contributed by atoms with Crippen LogP contribution in [0.15, 0.2) is 35.8 Å². The van der Waals surface area contributed by atoms with E-state index < -0.39 is 0 Å². The minimum atomic E-state index is 0.671. The molecule has 0 amide bonds. The Morgan fingerprint density at radius 3 is 2.50 bits per heavy atom. The van der Waals surface area contributed by atoms with Crippen LogP contribution in [0.3, 0.4) is 0 Å². The fraction of sp³-hybridized carbons (Fsp3) is 0.400. The van der Waals surface area contributed by atoms with E-state index in [1.54, 1.807) is 11.3 Å². The lowest BCUT2D eigenvalue weighted by atomic mass is 9.95. The lowest BCUT2D eigenvalue weighted by molar-refractivity contribution is 0.463. The lowest BCUT2D eigenvalue weighted by Gasteiger charge is -2.23. The van der Waals surface area contributed by atoms with Gasteiger partial charge in [0, 0.05) is 28.9 Å². The van der Waals surface area contributed by atoms with Gasteiger partial charge in [0.05, 0.1) is 0 Å². The molecule has 2 aromatic rings. The van der Waals surface area contributed by atoms with E-state index in [9.17, 15) is 0 Å². The highest BCUT2D eigenvalue weighted by Crippen LogP contribution is 2.25. The van der Waals surface area contributed by atoms with Crippen LogP contribution in [0.5, 0.6) is 0 Å². The van der Waals surface area contributed by atoms with Crippen molar-refractivity contribution in [1.82, 2.24) is 4.98 Å². The van der Waals surface area contributed by atoms with Crippen molar-refractivity contribution in [2.45, 2.75) is 38.1 Å². The van der Waals surface area contributed by atoms with E-state index in [4.69, 9.17) is 0 Å². The smallest absolute Gasteiger partial charge is 0.123 e. The van der Waals surface area contributed by atoms with E-state index in [1.165, 1.54) is 43.4 Å². The highest BCUT2D eigenvalue weighted by molar-refractivity contribution is 7.13. The molecule has 1 aromatic heterocycles. The Morgan fingerprint density at radius 1 is 1.06 bits per heavy atom. The van der Waals surface area contributed by atoms with E-state index >= 15 is 0 Å². The first kappa shape index (κ1) is 11.7. The number of rotatable bonds is 3. The molecule has 1 N–H and O–H groups in total. The summed E-state index contributed by atoms with van der Waals surface area (Å²) in [4.78, 5) is 4.33. The molecule has 18 heavy (non-hydrogen) atoms. The van der Waals surface area contributed by atoms with E-state index in [0.717, 1.165) is 5.01 Å². The van der Waals surface area contributed by atoms with Crippen molar-refractivity contribution in [3.05, 3.63) is 35.8 Å². The maximum absolute atomic E-state index is 4.33. The van der Waals surface area contributed by atoms with Gasteiger partial charge in [-0.3, -0.25) is 0 Å². The molecule has 3 rings (SSSR count). The summed E-state index contributed by atoms with van der Waals surface area (Å²) in [5, 5.41) is 6.75. The Morgan fingerprint density at radius 2 is 1.83 bits per heavy atom. The molecule has 1 aliphatic carbocycles. The fourth-order valence-corrected chi connectivity index (χ4v) is 3.20. The summed E-state index contributed by atoms with van der Waals surface area (Å²) >= 11 is 1.69. The van der Waals surface area contributed by atoms with Gasteiger partial charge in [-0.25, -0.2) is 4.98 Å². The summed E-state index contributed by atoms with van der Waals surface area (Å²) < 4.78 is 0. The average Bonchev–Trinajstić information content (AvgIpc) is 2.95. The number of benzene rings is 1. The van der Waals surface area contributed by atoms with Crippen LogP contribution in [0.25, 0.3) is 10.6 Å². The Labute approximate surface area is 112 Å². The molecule has 1 fully saturated rings. The van der Waals surface area contributed by atoms with Crippen LogP contribution in [0.1, 0.15) is 32.1 Å². The molecular formula is C15H18N2S. The second-order valence-electron chi connectivity index (χ2n) is 4.89. The number of anilines is 1. The Hall–Kier alpha value is -1.35. The lowest BCUT2D eigenvalue weighted by Crippen LogP contribution is -2.22. The van der Waals surface area contributed by atoms with Crippen LogP contribution >= 0.6 is 11.3 Å². The largest absolute Gasteiger partial charge is 0.382 e. The molecule has 1 saturated carbocycles. The quantitative estimate of drug-likeness (QED) is 0.873. The number of nitrogens with zero attached hydrogens (tertiary/aromatic N) is 1. The van der Waals surface area contributed by atoms with E-state index in [0.29, 0.717) is 6.04 Å². The third kappa shape index (κ3) is 2.72. The fourth-order valence-electron chi connectivity index (χ4n) is 2.56. The number of hydrogen-bond donors (Lipinski definition) is 1. The molecule has 0 bridgehead atoms. The van der Waals surface area contributed by atoms with Gasteiger partial charge in [0.15, 0.2) is 0 Å². The number of aromatic nitrogens is 1. The van der Waals surface area contributed by atoms with Gasteiger partial charge in [-0.2, -0.15) is 0 Å². The molecule has 2 nitrogen and oxygen atoms in total. The number of thiazole rings is 1. The van der Waals surface area contributed by atoms with Crippen LogP contribution in [0.2, 0.25) is 0 Å². The van der Waals surface area contributed by atoms with Crippen LogP contribution in [-0.4, -0.2) is 11.0 Å². The Kier molecular flexibility index (Phi) is 3.60. The van der Waals surface area contributed by atoms with Gasteiger partial charge in [0.2, 0.25) is 0 Å². The number of nitrogens with one attached hydrogen (secondary N) is 1. The first-order valence-corrected chi connectivity index (χ1v) is 7.56. The van der Waals surface area contributed by atoms with Gasteiger partial charge in [0.1, 0.15) is 5.01 Å². The summed E-state index contributed by atoms with van der Waals surface area (Å²) in [7, 11) is 0. The van der Waals surface area contributed by atoms with Crippen molar-refractivity contribution in [2.75, 3.05) is 5.32 Å². The Balaban J connectivity index is 1.67. The monoisotopic (exact) mass is 258 g/mol. The third-order valence-electron chi connectivity index (χ3n) is 3.54. The van der Waals surface area contributed by atoms with Crippen LogP contribution in [0.4, 0.5) is 5.69 Å². The van der Waals surface area contributed by atoms with Gasteiger partial charge < -0.3 is 5.32 Å².